The molecule has 0 saturated carbocycles. The van der Waals surface area contributed by atoms with Gasteiger partial charge >= 0.3 is 5.97 Å². The van der Waals surface area contributed by atoms with E-state index in [1.807, 2.05) is 0 Å². The highest BCUT2D eigenvalue weighted by molar-refractivity contribution is 14.1. The average Bonchev–Trinajstić information content (AvgIpc) is 2.33. The van der Waals surface area contributed by atoms with E-state index in [1.165, 1.54) is 23.6 Å². The van der Waals surface area contributed by atoms with E-state index in [2.05, 4.69) is 27.9 Å². The molecule has 0 radical (unpaired) electrons. The summed E-state index contributed by atoms with van der Waals surface area (Å²) in [7, 11) is 0. The number of thioether (sulfide) groups is 1. The van der Waals surface area contributed by atoms with E-state index in [9.17, 15) is 19.5 Å². The van der Waals surface area contributed by atoms with E-state index < -0.39 is 12.0 Å². The molecule has 0 spiro atoms. The maximum absolute atomic E-state index is 11.9. The predicted molar refractivity (Wildman–Crippen MR) is 74.2 cm³/mol. The summed E-state index contributed by atoms with van der Waals surface area (Å²) in [5.74, 6) is -1.13. The fourth-order valence-electron chi connectivity index (χ4n) is 2.01. The van der Waals surface area contributed by atoms with Gasteiger partial charge in [0.1, 0.15) is 17.1 Å². The highest BCUT2D eigenvalue weighted by Gasteiger charge is 2.53. The first-order valence-electron chi connectivity index (χ1n) is 5.20. The van der Waals surface area contributed by atoms with Gasteiger partial charge in [-0.3, -0.25) is 14.5 Å². The summed E-state index contributed by atoms with van der Waals surface area (Å²) in [6.45, 7) is 1.34. The van der Waals surface area contributed by atoms with Gasteiger partial charge in [-0.25, -0.2) is 4.79 Å². The summed E-state index contributed by atoms with van der Waals surface area (Å²) in [6, 6.07) is -0.599. The molecule has 1 fully saturated rings. The van der Waals surface area contributed by atoms with Gasteiger partial charge in [-0.05, 0) is 5.57 Å². The number of hydrogen-bond donors (Lipinski definition) is 2. The molecule has 2 aliphatic heterocycles. The van der Waals surface area contributed by atoms with Gasteiger partial charge < -0.3 is 10.4 Å². The van der Waals surface area contributed by atoms with E-state index in [-0.39, 0.29) is 22.9 Å². The Bertz CT molecular complexity index is 465. The van der Waals surface area contributed by atoms with Gasteiger partial charge in [0, 0.05) is 17.1 Å². The number of nitrogens with one attached hydrogen (secondary N) is 1. The molecule has 2 amide bonds. The Hall–Kier alpha value is -0.770. The molecule has 98 valence electrons. The lowest BCUT2D eigenvalue weighted by atomic mass is 10.0. The number of alkyl halides is 1. The van der Waals surface area contributed by atoms with Gasteiger partial charge in [0.05, 0.1) is 0 Å². The van der Waals surface area contributed by atoms with Gasteiger partial charge in [-0.1, -0.05) is 22.6 Å². The highest BCUT2D eigenvalue weighted by atomic mass is 127. The van der Waals surface area contributed by atoms with Crippen molar-refractivity contribution in [2.45, 2.75) is 18.3 Å². The summed E-state index contributed by atoms with van der Waals surface area (Å²) < 4.78 is 0.577. The lowest BCUT2D eigenvalue weighted by molar-refractivity contribution is -0.150. The molecule has 2 heterocycles. The van der Waals surface area contributed by atoms with Gasteiger partial charge in [0.2, 0.25) is 5.91 Å². The van der Waals surface area contributed by atoms with Crippen LogP contribution in [0.15, 0.2) is 11.3 Å². The molecule has 8 heteroatoms. The Morgan fingerprint density at radius 1 is 1.61 bits per heavy atom. The minimum atomic E-state index is -1.08. The van der Waals surface area contributed by atoms with Crippen molar-refractivity contribution in [3.8, 4) is 0 Å². The first-order chi connectivity index (χ1) is 8.47. The maximum Gasteiger partial charge on any atom is 0.352 e. The van der Waals surface area contributed by atoms with Crippen LogP contribution in [-0.4, -0.2) is 49.4 Å². The number of carboxylic acids is 1. The summed E-state index contributed by atoms with van der Waals surface area (Å²) >= 11 is 3.57. The van der Waals surface area contributed by atoms with Crippen molar-refractivity contribution < 1.29 is 19.5 Å². The number of carbonyl (C=O) groups excluding carboxylic acids is 2. The van der Waals surface area contributed by atoms with Crippen LogP contribution in [0.1, 0.15) is 6.92 Å². The molecule has 1 saturated heterocycles. The number of aliphatic carboxylic acids is 1. The van der Waals surface area contributed by atoms with Gasteiger partial charge in [0.15, 0.2) is 0 Å². The lowest BCUT2D eigenvalue weighted by Gasteiger charge is -2.49. The first-order valence-corrected chi connectivity index (χ1v) is 7.78. The predicted octanol–water partition coefficient (Wildman–Crippen LogP) is 0.180. The Morgan fingerprint density at radius 2 is 2.28 bits per heavy atom. The number of carbonyl (C=O) groups is 3. The van der Waals surface area contributed by atoms with Crippen molar-refractivity contribution in [1.29, 1.82) is 0 Å². The molecule has 2 atom stereocenters. The third kappa shape index (κ3) is 2.11. The number of hydrogen-bond acceptors (Lipinski definition) is 4. The molecular weight excluding hydrogens is 371 g/mol. The second kappa shape index (κ2) is 5.08. The summed E-state index contributed by atoms with van der Waals surface area (Å²) in [6.07, 6.45) is 0. The molecular formula is C10H11IN2O4S. The number of halogens is 1. The first kappa shape index (κ1) is 13.7. The Balaban J connectivity index is 2.26. The van der Waals surface area contributed by atoms with Crippen LogP contribution in [0.5, 0.6) is 0 Å². The quantitative estimate of drug-likeness (QED) is 0.413. The van der Waals surface area contributed by atoms with Crippen LogP contribution in [0.25, 0.3) is 0 Å². The minimum absolute atomic E-state index is 0.0831. The summed E-state index contributed by atoms with van der Waals surface area (Å²) in [5, 5.41) is 11.5. The molecule has 2 N–H and O–H groups in total. The molecule has 0 aliphatic carbocycles. The van der Waals surface area contributed by atoms with E-state index in [1.54, 1.807) is 0 Å². The van der Waals surface area contributed by atoms with Crippen molar-refractivity contribution in [2.24, 2.45) is 0 Å². The number of nitrogens with zero attached hydrogens (tertiary/aromatic N) is 1. The van der Waals surface area contributed by atoms with Crippen LogP contribution in [0, 0.1) is 0 Å². The van der Waals surface area contributed by atoms with Crippen molar-refractivity contribution in [3.05, 3.63) is 11.3 Å². The largest absolute Gasteiger partial charge is 0.477 e. The van der Waals surface area contributed by atoms with Crippen LogP contribution in [0.3, 0.4) is 0 Å². The van der Waals surface area contributed by atoms with Crippen LogP contribution >= 0.6 is 34.4 Å². The van der Waals surface area contributed by atoms with Gasteiger partial charge in [-0.15, -0.1) is 11.8 Å². The maximum atomic E-state index is 11.9. The molecule has 0 aromatic rings. The van der Waals surface area contributed by atoms with Crippen molar-refractivity contribution >= 4 is 52.1 Å². The molecule has 2 rings (SSSR count). The summed E-state index contributed by atoms with van der Waals surface area (Å²) in [5.41, 5.74) is 0.832. The highest BCUT2D eigenvalue weighted by Crippen LogP contribution is 2.40. The zero-order chi connectivity index (χ0) is 13.4. The second-order valence-corrected chi connectivity index (χ2v) is 5.85. The second-order valence-electron chi connectivity index (χ2n) is 3.98. The summed E-state index contributed by atoms with van der Waals surface area (Å²) in [4.78, 5) is 35.4. The van der Waals surface area contributed by atoms with E-state index in [0.29, 0.717) is 10.2 Å². The molecule has 1 unspecified atom stereocenters. The van der Waals surface area contributed by atoms with E-state index in [4.69, 9.17) is 0 Å². The fraction of sp³-hybridized carbons (Fsp3) is 0.500. The van der Waals surface area contributed by atoms with E-state index in [0.717, 1.165) is 5.57 Å². The average molecular weight is 382 g/mol. The Morgan fingerprint density at radius 3 is 2.78 bits per heavy atom. The standard InChI is InChI=1S/C10H11IN2O4S/c1-4(14)12-6-8(15)13-7(10(16)17)5(2-11)3-18-9(6)13/h6,9H,2-3H2,1H3,(H,12,14)(H,16,17)/t6?,9-/m0/s1. The number of carboxylic acid groups (broad SMARTS) is 1. The van der Waals surface area contributed by atoms with Crippen LogP contribution < -0.4 is 5.32 Å². The monoisotopic (exact) mass is 382 g/mol. The Labute approximate surface area is 121 Å². The van der Waals surface area contributed by atoms with Crippen LogP contribution in [0.4, 0.5) is 0 Å². The topological polar surface area (TPSA) is 86.7 Å². The van der Waals surface area contributed by atoms with E-state index >= 15 is 0 Å². The SMILES string of the molecule is CC(=O)NC1C(=O)N2C(C(=O)O)=C(CI)CS[C@@H]12. The number of rotatable bonds is 3. The smallest absolute Gasteiger partial charge is 0.352 e. The van der Waals surface area contributed by atoms with Crippen molar-refractivity contribution in [1.82, 2.24) is 10.2 Å². The molecule has 0 aromatic carbocycles. The van der Waals surface area contributed by atoms with Gasteiger partial charge in [-0.2, -0.15) is 0 Å². The normalized spacial score (nSPS) is 26.6. The third-order valence-electron chi connectivity index (χ3n) is 2.77. The molecule has 0 aromatic heterocycles. The molecule has 0 bridgehead atoms. The third-order valence-corrected chi connectivity index (χ3v) is 5.03. The van der Waals surface area contributed by atoms with Crippen molar-refractivity contribution in [2.75, 3.05) is 10.2 Å². The number of fused-ring (bicyclic) bond motifs is 1. The zero-order valence-corrected chi connectivity index (χ0v) is 12.4. The lowest BCUT2D eigenvalue weighted by Crippen LogP contribution is -2.70. The number of amides is 2. The number of β-lactam (4-membered cyclic amide) rings is 1. The van der Waals surface area contributed by atoms with Gasteiger partial charge in [0.25, 0.3) is 5.91 Å². The van der Waals surface area contributed by atoms with Crippen molar-refractivity contribution in [3.63, 3.8) is 0 Å². The minimum Gasteiger partial charge on any atom is -0.477 e. The van der Waals surface area contributed by atoms with Crippen LogP contribution in [-0.2, 0) is 14.4 Å². The molecule has 6 nitrogen and oxygen atoms in total. The Kier molecular flexibility index (Phi) is 3.85. The van der Waals surface area contributed by atoms with Crippen LogP contribution in [0.2, 0.25) is 0 Å². The molecule has 18 heavy (non-hydrogen) atoms. The molecule has 2 aliphatic rings. The zero-order valence-electron chi connectivity index (χ0n) is 9.47. The fourth-order valence-corrected chi connectivity index (χ4v) is 4.35.